The topological polar surface area (TPSA) is 93.9 Å². The molecule has 7 heteroatoms. The molecule has 2 N–H and O–H groups in total. The zero-order valence-corrected chi connectivity index (χ0v) is 10.6. The van der Waals surface area contributed by atoms with Gasteiger partial charge in [0.05, 0.1) is 37.3 Å². The van der Waals surface area contributed by atoms with E-state index in [4.69, 9.17) is 9.47 Å². The molecule has 0 spiro atoms. The number of nitrogens with zero attached hydrogens (tertiary/aromatic N) is 1. The Hall–Kier alpha value is -1.86. The van der Waals surface area contributed by atoms with Gasteiger partial charge in [0.1, 0.15) is 11.4 Å². The molecule has 0 aromatic heterocycles. The van der Waals surface area contributed by atoms with E-state index in [9.17, 15) is 15.2 Å². The summed E-state index contributed by atoms with van der Waals surface area (Å²) in [5, 5.41) is 23.3. The van der Waals surface area contributed by atoms with Gasteiger partial charge in [-0.15, -0.1) is 0 Å². The Balaban J connectivity index is 2.15. The van der Waals surface area contributed by atoms with Crippen molar-refractivity contribution in [3.63, 3.8) is 0 Å². The largest absolute Gasteiger partial charge is 0.497 e. The number of aliphatic hydroxyl groups excluding tert-OH is 1. The molecule has 0 unspecified atom stereocenters. The van der Waals surface area contributed by atoms with Gasteiger partial charge in [0.2, 0.25) is 0 Å². The van der Waals surface area contributed by atoms with Crippen molar-refractivity contribution < 1.29 is 19.5 Å². The highest BCUT2D eigenvalue weighted by Gasteiger charge is 2.38. The Kier molecular flexibility index (Phi) is 3.87. The van der Waals surface area contributed by atoms with Gasteiger partial charge in [-0.05, 0) is 6.07 Å². The fraction of sp³-hybridized carbons (Fsp3) is 0.500. The third-order valence-corrected chi connectivity index (χ3v) is 3.21. The molecule has 0 aliphatic carbocycles. The molecular formula is C12H16N2O5. The minimum atomic E-state index is -0.454. The molecule has 1 aromatic carbocycles. The second-order valence-electron chi connectivity index (χ2n) is 4.64. The van der Waals surface area contributed by atoms with E-state index in [0.717, 1.165) is 0 Å². The molecule has 0 atom stereocenters. The Bertz CT molecular complexity index is 468. The van der Waals surface area contributed by atoms with E-state index >= 15 is 0 Å². The van der Waals surface area contributed by atoms with E-state index in [-0.39, 0.29) is 17.7 Å². The molecule has 7 nitrogen and oxygen atoms in total. The van der Waals surface area contributed by atoms with Crippen LogP contribution in [0.1, 0.15) is 0 Å². The van der Waals surface area contributed by atoms with Crippen molar-refractivity contribution in [1.29, 1.82) is 0 Å². The average Bonchev–Trinajstić information content (AvgIpc) is 2.37. The molecule has 104 valence electrons. The van der Waals surface area contributed by atoms with E-state index in [1.807, 2.05) is 0 Å². The molecule has 1 aliphatic heterocycles. The first-order valence-corrected chi connectivity index (χ1v) is 5.85. The van der Waals surface area contributed by atoms with E-state index in [2.05, 4.69) is 5.32 Å². The number of anilines is 1. The Labute approximate surface area is 110 Å². The van der Waals surface area contributed by atoms with Crippen molar-refractivity contribution in [2.45, 2.75) is 0 Å². The highest BCUT2D eigenvalue weighted by molar-refractivity contribution is 5.64. The van der Waals surface area contributed by atoms with Crippen LogP contribution in [0.15, 0.2) is 18.2 Å². The lowest BCUT2D eigenvalue weighted by Gasteiger charge is -2.40. The zero-order chi connectivity index (χ0) is 13.9. The minimum absolute atomic E-state index is 0.0161. The number of nitro groups is 1. The predicted molar refractivity (Wildman–Crippen MR) is 68.5 cm³/mol. The fourth-order valence-electron chi connectivity index (χ4n) is 1.87. The van der Waals surface area contributed by atoms with Crippen molar-refractivity contribution in [2.24, 2.45) is 5.41 Å². The van der Waals surface area contributed by atoms with Gasteiger partial charge in [-0.3, -0.25) is 10.1 Å². The Morgan fingerprint density at radius 3 is 2.79 bits per heavy atom. The predicted octanol–water partition coefficient (Wildman–Crippen LogP) is 1.02. The highest BCUT2D eigenvalue weighted by atomic mass is 16.6. The van der Waals surface area contributed by atoms with Crippen LogP contribution in [0.2, 0.25) is 0 Å². The lowest BCUT2D eigenvalue weighted by molar-refractivity contribution is -0.384. The monoisotopic (exact) mass is 268 g/mol. The number of methoxy groups -OCH3 is 1. The lowest BCUT2D eigenvalue weighted by Crippen LogP contribution is -2.50. The van der Waals surface area contributed by atoms with Gasteiger partial charge >= 0.3 is 0 Å². The number of hydrogen-bond donors (Lipinski definition) is 2. The summed E-state index contributed by atoms with van der Waals surface area (Å²) >= 11 is 0. The molecule has 1 saturated heterocycles. The molecule has 1 aliphatic rings. The van der Waals surface area contributed by atoms with Gasteiger partial charge in [0.25, 0.3) is 5.69 Å². The maximum Gasteiger partial charge on any atom is 0.292 e. The maximum absolute atomic E-state index is 10.9. The van der Waals surface area contributed by atoms with Crippen molar-refractivity contribution in [1.82, 2.24) is 0 Å². The summed E-state index contributed by atoms with van der Waals surface area (Å²) < 4.78 is 10.1. The lowest BCUT2D eigenvalue weighted by atomic mass is 9.87. The molecule has 1 heterocycles. The third-order valence-electron chi connectivity index (χ3n) is 3.21. The molecule has 19 heavy (non-hydrogen) atoms. The number of ether oxygens (including phenoxy) is 2. The van der Waals surface area contributed by atoms with Crippen LogP contribution in [0.25, 0.3) is 0 Å². The summed E-state index contributed by atoms with van der Waals surface area (Å²) in [5.74, 6) is 0.538. The molecular weight excluding hydrogens is 252 g/mol. The zero-order valence-electron chi connectivity index (χ0n) is 10.6. The first-order chi connectivity index (χ1) is 9.10. The van der Waals surface area contributed by atoms with Gasteiger partial charge in [0.15, 0.2) is 0 Å². The quantitative estimate of drug-likeness (QED) is 0.591. The SMILES string of the molecule is COc1ccc([N+](=O)[O-])c(NCC2(CO)COC2)c1. The minimum Gasteiger partial charge on any atom is -0.497 e. The number of nitrogens with one attached hydrogen (secondary N) is 1. The van der Waals surface area contributed by atoms with E-state index in [1.54, 1.807) is 6.07 Å². The van der Waals surface area contributed by atoms with Crippen LogP contribution in [0, 0.1) is 15.5 Å². The van der Waals surface area contributed by atoms with Gasteiger partial charge in [-0.25, -0.2) is 0 Å². The molecule has 0 radical (unpaired) electrons. The summed E-state index contributed by atoms with van der Waals surface area (Å²) in [4.78, 5) is 10.5. The van der Waals surface area contributed by atoms with E-state index in [0.29, 0.717) is 31.2 Å². The number of aliphatic hydroxyl groups is 1. The second-order valence-corrected chi connectivity index (χ2v) is 4.64. The van der Waals surface area contributed by atoms with Crippen LogP contribution in [-0.4, -0.2) is 43.5 Å². The van der Waals surface area contributed by atoms with Crippen LogP contribution < -0.4 is 10.1 Å². The smallest absolute Gasteiger partial charge is 0.292 e. The number of nitro benzene ring substituents is 1. The first kappa shape index (κ1) is 13.6. The Morgan fingerprint density at radius 2 is 2.32 bits per heavy atom. The molecule has 0 bridgehead atoms. The third kappa shape index (κ3) is 2.77. The van der Waals surface area contributed by atoms with Crippen LogP contribution in [0.5, 0.6) is 5.75 Å². The number of hydrogen-bond acceptors (Lipinski definition) is 6. The van der Waals surface area contributed by atoms with Gasteiger partial charge in [-0.1, -0.05) is 0 Å². The second kappa shape index (κ2) is 5.41. The summed E-state index contributed by atoms with van der Waals surface area (Å²) in [6, 6.07) is 4.50. The van der Waals surface area contributed by atoms with Gasteiger partial charge < -0.3 is 19.9 Å². The molecule has 1 aromatic rings. The summed E-state index contributed by atoms with van der Waals surface area (Å²) in [5.41, 5.74) is 0.00920. The normalized spacial score (nSPS) is 16.5. The van der Waals surface area contributed by atoms with E-state index in [1.165, 1.54) is 19.2 Å². The molecule has 1 fully saturated rings. The van der Waals surface area contributed by atoms with Crippen LogP contribution in [-0.2, 0) is 4.74 Å². The maximum atomic E-state index is 10.9. The van der Waals surface area contributed by atoms with Crippen molar-refractivity contribution in [3.05, 3.63) is 28.3 Å². The van der Waals surface area contributed by atoms with Crippen molar-refractivity contribution >= 4 is 11.4 Å². The highest BCUT2D eigenvalue weighted by Crippen LogP contribution is 2.32. The van der Waals surface area contributed by atoms with Crippen LogP contribution >= 0.6 is 0 Å². The average molecular weight is 268 g/mol. The van der Waals surface area contributed by atoms with Crippen LogP contribution in [0.4, 0.5) is 11.4 Å². The van der Waals surface area contributed by atoms with Crippen molar-refractivity contribution in [2.75, 3.05) is 38.8 Å². The Morgan fingerprint density at radius 1 is 1.58 bits per heavy atom. The summed E-state index contributed by atoms with van der Waals surface area (Å²) in [6.45, 7) is 1.30. The van der Waals surface area contributed by atoms with Crippen LogP contribution in [0.3, 0.4) is 0 Å². The summed E-state index contributed by atoms with van der Waals surface area (Å²) in [6.07, 6.45) is 0. The fourth-order valence-corrected chi connectivity index (χ4v) is 1.87. The van der Waals surface area contributed by atoms with E-state index < -0.39 is 4.92 Å². The van der Waals surface area contributed by atoms with Gasteiger partial charge in [-0.2, -0.15) is 0 Å². The van der Waals surface area contributed by atoms with Crippen molar-refractivity contribution in [3.8, 4) is 5.75 Å². The first-order valence-electron chi connectivity index (χ1n) is 5.85. The molecule has 2 rings (SSSR count). The molecule has 0 saturated carbocycles. The van der Waals surface area contributed by atoms with Gasteiger partial charge in [0, 0.05) is 18.7 Å². The standard InChI is InChI=1S/C12H16N2O5/c1-18-9-2-3-11(14(16)17)10(4-9)13-5-12(6-15)7-19-8-12/h2-4,13,15H,5-8H2,1H3. The summed E-state index contributed by atoms with van der Waals surface area (Å²) in [7, 11) is 1.50. The number of rotatable bonds is 6. The number of benzene rings is 1. The molecule has 0 amide bonds.